The zero-order valence-corrected chi connectivity index (χ0v) is 13.6. The molecule has 3 atom stereocenters. The van der Waals surface area contributed by atoms with Gasteiger partial charge < -0.3 is 20.5 Å². The molecule has 0 bridgehead atoms. The van der Waals surface area contributed by atoms with Crippen molar-refractivity contribution in [2.75, 3.05) is 13.7 Å². The predicted molar refractivity (Wildman–Crippen MR) is 85.9 cm³/mol. The predicted octanol–water partition coefficient (Wildman–Crippen LogP) is 2.75. The summed E-state index contributed by atoms with van der Waals surface area (Å²) in [5, 5.41) is 15.3. The quantitative estimate of drug-likeness (QED) is 0.780. The third kappa shape index (κ3) is 5.10. The average Bonchev–Trinajstić information content (AvgIpc) is 2.53. The molecule has 128 valence electrons. The highest BCUT2D eigenvalue weighted by Crippen LogP contribution is 2.24. The number of hydrogen-bond donors (Lipinski definition) is 3. The van der Waals surface area contributed by atoms with E-state index in [1.807, 2.05) is 6.92 Å². The third-order valence-corrected chi connectivity index (χ3v) is 4.33. The largest absolute Gasteiger partial charge is 0.494 e. The maximum absolute atomic E-state index is 13.4. The number of rotatable bonds is 5. The van der Waals surface area contributed by atoms with E-state index in [0.717, 1.165) is 31.2 Å². The molecule has 5 nitrogen and oxygen atoms in total. The summed E-state index contributed by atoms with van der Waals surface area (Å²) in [5.74, 6) is 0.0576. The molecule has 2 rings (SSSR count). The number of carbonyl (C=O) groups is 1. The van der Waals surface area contributed by atoms with E-state index in [9.17, 15) is 14.3 Å². The molecular formula is C17H25FN2O3. The monoisotopic (exact) mass is 324 g/mol. The van der Waals surface area contributed by atoms with Gasteiger partial charge in [-0.15, -0.1) is 0 Å². The summed E-state index contributed by atoms with van der Waals surface area (Å²) in [6, 6.07) is 4.01. The minimum Gasteiger partial charge on any atom is -0.494 e. The van der Waals surface area contributed by atoms with Crippen LogP contribution in [0.25, 0.3) is 0 Å². The molecule has 0 radical (unpaired) electrons. The molecule has 0 aliphatic heterocycles. The number of methoxy groups -OCH3 is 1. The first-order valence-electron chi connectivity index (χ1n) is 8.05. The number of carbonyl (C=O) groups excluding carboxylic acids is 1. The van der Waals surface area contributed by atoms with Crippen LogP contribution >= 0.6 is 0 Å². The number of benzene rings is 1. The number of urea groups is 1. The topological polar surface area (TPSA) is 70.6 Å². The molecule has 1 fully saturated rings. The van der Waals surface area contributed by atoms with E-state index in [1.54, 1.807) is 12.1 Å². The number of nitrogens with one attached hydrogen (secondary N) is 2. The van der Waals surface area contributed by atoms with Gasteiger partial charge in [0.2, 0.25) is 0 Å². The van der Waals surface area contributed by atoms with Crippen LogP contribution in [0.15, 0.2) is 18.2 Å². The van der Waals surface area contributed by atoms with Crippen molar-refractivity contribution in [2.45, 2.75) is 44.8 Å². The van der Waals surface area contributed by atoms with Gasteiger partial charge in [-0.05, 0) is 49.8 Å². The summed E-state index contributed by atoms with van der Waals surface area (Å²) < 4.78 is 18.4. The van der Waals surface area contributed by atoms with Crippen LogP contribution in [-0.4, -0.2) is 30.9 Å². The normalized spacial score (nSPS) is 22.3. The number of aliphatic hydroxyl groups excluding tert-OH is 1. The van der Waals surface area contributed by atoms with E-state index < -0.39 is 5.82 Å². The van der Waals surface area contributed by atoms with E-state index in [0.29, 0.717) is 12.5 Å². The lowest BCUT2D eigenvalue weighted by Gasteiger charge is -2.26. The number of aliphatic hydroxyl groups is 1. The Labute approximate surface area is 136 Å². The lowest BCUT2D eigenvalue weighted by Crippen LogP contribution is -2.40. The Balaban J connectivity index is 1.82. The highest BCUT2D eigenvalue weighted by Gasteiger charge is 2.21. The van der Waals surface area contributed by atoms with Gasteiger partial charge in [-0.25, -0.2) is 9.18 Å². The van der Waals surface area contributed by atoms with Gasteiger partial charge in [0, 0.05) is 6.54 Å². The minimum atomic E-state index is -0.427. The summed E-state index contributed by atoms with van der Waals surface area (Å²) in [5.41, 5.74) is 0.770. The smallest absolute Gasteiger partial charge is 0.315 e. The molecule has 23 heavy (non-hydrogen) atoms. The van der Waals surface area contributed by atoms with E-state index in [4.69, 9.17) is 4.74 Å². The van der Waals surface area contributed by atoms with Crippen molar-refractivity contribution in [3.63, 3.8) is 0 Å². The van der Waals surface area contributed by atoms with Gasteiger partial charge in [0.05, 0.1) is 19.3 Å². The Hall–Kier alpha value is -1.82. The highest BCUT2D eigenvalue weighted by atomic mass is 19.1. The molecule has 0 spiro atoms. The zero-order chi connectivity index (χ0) is 16.8. The summed E-state index contributed by atoms with van der Waals surface area (Å²) in [4.78, 5) is 12.0. The highest BCUT2D eigenvalue weighted by molar-refractivity contribution is 5.74. The summed E-state index contributed by atoms with van der Waals surface area (Å²) >= 11 is 0. The Morgan fingerprint density at radius 1 is 1.48 bits per heavy atom. The van der Waals surface area contributed by atoms with Gasteiger partial charge in [0.1, 0.15) is 0 Å². The second-order valence-corrected chi connectivity index (χ2v) is 6.16. The Kier molecular flexibility index (Phi) is 6.21. The zero-order valence-electron chi connectivity index (χ0n) is 13.6. The second-order valence-electron chi connectivity index (χ2n) is 6.16. The first-order chi connectivity index (χ1) is 11.0. The molecular weight excluding hydrogens is 299 g/mol. The molecule has 1 aliphatic carbocycles. The molecule has 3 N–H and O–H groups in total. The van der Waals surface area contributed by atoms with Gasteiger partial charge in [0.25, 0.3) is 0 Å². The Bertz CT molecular complexity index is 539. The molecule has 0 aromatic heterocycles. The van der Waals surface area contributed by atoms with Gasteiger partial charge >= 0.3 is 6.03 Å². The minimum absolute atomic E-state index is 0.160. The van der Waals surface area contributed by atoms with Crippen LogP contribution in [0.5, 0.6) is 5.75 Å². The van der Waals surface area contributed by atoms with Crippen LogP contribution < -0.4 is 15.4 Å². The first kappa shape index (κ1) is 17.5. The van der Waals surface area contributed by atoms with Crippen LogP contribution in [-0.2, 0) is 0 Å². The van der Waals surface area contributed by atoms with Crippen molar-refractivity contribution in [1.82, 2.24) is 10.6 Å². The van der Waals surface area contributed by atoms with Crippen molar-refractivity contribution in [3.05, 3.63) is 29.6 Å². The average molecular weight is 324 g/mol. The fraction of sp³-hybridized carbons (Fsp3) is 0.588. The van der Waals surface area contributed by atoms with Crippen LogP contribution in [0.3, 0.4) is 0 Å². The molecule has 2 amide bonds. The third-order valence-electron chi connectivity index (χ3n) is 4.33. The standard InChI is InChI=1S/C17H25FN2O3/c1-11(13-6-7-15(18)16(9-13)23-2)20-17(22)19-10-12-4-3-5-14(21)8-12/h6-7,9,11-12,14,21H,3-5,8,10H2,1-2H3,(H2,19,20,22). The SMILES string of the molecule is COc1cc(C(C)NC(=O)NCC2CCCC(O)C2)ccc1F. The maximum Gasteiger partial charge on any atom is 0.315 e. The van der Waals surface area contributed by atoms with Crippen LogP contribution in [0.4, 0.5) is 9.18 Å². The Morgan fingerprint density at radius 2 is 2.26 bits per heavy atom. The van der Waals surface area contributed by atoms with Gasteiger partial charge in [-0.3, -0.25) is 0 Å². The Morgan fingerprint density at radius 3 is 2.96 bits per heavy atom. The first-order valence-corrected chi connectivity index (χ1v) is 8.05. The van der Waals surface area contributed by atoms with Crippen molar-refractivity contribution in [3.8, 4) is 5.75 Å². The van der Waals surface area contributed by atoms with Crippen LogP contribution in [0.1, 0.15) is 44.2 Å². The van der Waals surface area contributed by atoms with E-state index >= 15 is 0 Å². The molecule has 1 aliphatic rings. The molecule has 1 aromatic carbocycles. The molecule has 3 unspecified atom stereocenters. The molecule has 0 heterocycles. The van der Waals surface area contributed by atoms with E-state index in [1.165, 1.54) is 13.2 Å². The summed E-state index contributed by atoms with van der Waals surface area (Å²) in [6.07, 6.45) is 3.38. The summed E-state index contributed by atoms with van der Waals surface area (Å²) in [6.45, 7) is 2.39. The molecule has 0 saturated heterocycles. The fourth-order valence-corrected chi connectivity index (χ4v) is 2.96. The van der Waals surface area contributed by atoms with Crippen LogP contribution in [0.2, 0.25) is 0 Å². The fourth-order valence-electron chi connectivity index (χ4n) is 2.96. The number of ether oxygens (including phenoxy) is 1. The van der Waals surface area contributed by atoms with Gasteiger partial charge in [-0.1, -0.05) is 12.5 Å². The lowest BCUT2D eigenvalue weighted by molar-refractivity contribution is 0.101. The molecule has 1 aromatic rings. The number of hydrogen-bond acceptors (Lipinski definition) is 3. The van der Waals surface area contributed by atoms with Gasteiger partial charge in [0.15, 0.2) is 11.6 Å². The maximum atomic E-state index is 13.4. The number of amides is 2. The molecule has 1 saturated carbocycles. The van der Waals surface area contributed by atoms with Crippen molar-refractivity contribution in [1.29, 1.82) is 0 Å². The van der Waals surface area contributed by atoms with E-state index in [-0.39, 0.29) is 23.9 Å². The molecule has 6 heteroatoms. The van der Waals surface area contributed by atoms with Crippen molar-refractivity contribution >= 4 is 6.03 Å². The number of halogens is 1. The lowest BCUT2D eigenvalue weighted by atomic mass is 9.87. The van der Waals surface area contributed by atoms with Crippen molar-refractivity contribution < 1.29 is 19.0 Å². The van der Waals surface area contributed by atoms with Crippen molar-refractivity contribution in [2.24, 2.45) is 5.92 Å². The van der Waals surface area contributed by atoms with E-state index in [2.05, 4.69) is 10.6 Å². The summed E-state index contributed by atoms with van der Waals surface area (Å²) in [7, 11) is 1.41. The van der Waals surface area contributed by atoms with Gasteiger partial charge in [-0.2, -0.15) is 0 Å². The second kappa shape index (κ2) is 8.15. The van der Waals surface area contributed by atoms with Crippen LogP contribution in [0, 0.1) is 11.7 Å².